The molecule has 0 bridgehead atoms. The number of nitrogens with zero attached hydrogens (tertiary/aromatic N) is 1. The van der Waals surface area contributed by atoms with Gasteiger partial charge in [-0.2, -0.15) is 5.26 Å². The standard InChI is InChI=1S/C18H16N2O3S/c1-12-3-2-4-14(9-12)16-10-17(16)18(21)20-24(22,23)15-7-5-13(11-19)6-8-15/h2-9,16-17H,10H2,1H3,(H,20,21)/t16-,17+/m1/s1. The molecule has 0 radical (unpaired) electrons. The lowest BCUT2D eigenvalue weighted by molar-refractivity contribution is -0.120. The molecule has 1 aliphatic carbocycles. The molecule has 0 saturated heterocycles. The Morgan fingerprint density at radius 3 is 2.54 bits per heavy atom. The van der Waals surface area contributed by atoms with Crippen LogP contribution < -0.4 is 4.72 Å². The fraction of sp³-hybridized carbons (Fsp3) is 0.222. The summed E-state index contributed by atoms with van der Waals surface area (Å²) in [5.41, 5.74) is 2.54. The van der Waals surface area contributed by atoms with Crippen LogP contribution in [0.25, 0.3) is 0 Å². The third kappa shape index (κ3) is 3.31. The predicted molar refractivity (Wildman–Crippen MR) is 88.5 cm³/mol. The predicted octanol–water partition coefficient (Wildman–Crippen LogP) is 2.48. The zero-order valence-electron chi connectivity index (χ0n) is 13.1. The van der Waals surface area contributed by atoms with E-state index in [1.54, 1.807) is 0 Å². The number of nitrogens with one attached hydrogen (secondary N) is 1. The number of nitriles is 1. The van der Waals surface area contributed by atoms with E-state index >= 15 is 0 Å². The number of benzene rings is 2. The zero-order chi connectivity index (χ0) is 17.3. The first-order chi connectivity index (χ1) is 11.4. The molecule has 0 heterocycles. The molecule has 0 unspecified atom stereocenters. The minimum Gasteiger partial charge on any atom is -0.274 e. The van der Waals surface area contributed by atoms with Gasteiger partial charge in [0.25, 0.3) is 10.0 Å². The van der Waals surface area contributed by atoms with E-state index in [-0.39, 0.29) is 16.7 Å². The smallest absolute Gasteiger partial charge is 0.264 e. The van der Waals surface area contributed by atoms with E-state index in [1.165, 1.54) is 24.3 Å². The van der Waals surface area contributed by atoms with E-state index in [9.17, 15) is 13.2 Å². The third-order valence-electron chi connectivity index (χ3n) is 4.13. The van der Waals surface area contributed by atoms with E-state index in [0.717, 1.165) is 11.1 Å². The van der Waals surface area contributed by atoms with Gasteiger partial charge in [-0.25, -0.2) is 13.1 Å². The van der Waals surface area contributed by atoms with Crippen molar-refractivity contribution >= 4 is 15.9 Å². The Balaban J connectivity index is 1.70. The second-order valence-corrected chi connectivity index (χ2v) is 7.65. The number of sulfonamides is 1. The number of hydrogen-bond acceptors (Lipinski definition) is 4. The van der Waals surface area contributed by atoms with E-state index in [4.69, 9.17) is 5.26 Å². The number of hydrogen-bond donors (Lipinski definition) is 1. The fourth-order valence-electron chi connectivity index (χ4n) is 2.73. The van der Waals surface area contributed by atoms with Crippen molar-refractivity contribution in [3.63, 3.8) is 0 Å². The maximum atomic E-state index is 12.3. The Kier molecular flexibility index (Phi) is 4.12. The molecule has 2 atom stereocenters. The first-order valence-corrected chi connectivity index (χ1v) is 9.02. The number of aryl methyl sites for hydroxylation is 1. The molecule has 1 N–H and O–H groups in total. The molecule has 122 valence electrons. The van der Waals surface area contributed by atoms with Crippen LogP contribution in [0.15, 0.2) is 53.4 Å². The van der Waals surface area contributed by atoms with Crippen molar-refractivity contribution in [3.8, 4) is 6.07 Å². The molecule has 0 spiro atoms. The van der Waals surface area contributed by atoms with E-state index in [0.29, 0.717) is 12.0 Å². The lowest BCUT2D eigenvalue weighted by atomic mass is 10.1. The van der Waals surface area contributed by atoms with Crippen LogP contribution in [0.2, 0.25) is 0 Å². The molecule has 5 nitrogen and oxygen atoms in total. The average molecular weight is 340 g/mol. The second kappa shape index (κ2) is 6.10. The molecule has 1 amide bonds. The van der Waals surface area contributed by atoms with Gasteiger partial charge in [-0.3, -0.25) is 4.79 Å². The lowest BCUT2D eigenvalue weighted by Gasteiger charge is -2.07. The molecule has 0 aromatic heterocycles. The van der Waals surface area contributed by atoms with Crippen LogP contribution in [-0.4, -0.2) is 14.3 Å². The minimum atomic E-state index is -3.91. The minimum absolute atomic E-state index is 0.0254. The topological polar surface area (TPSA) is 87.0 Å². The summed E-state index contributed by atoms with van der Waals surface area (Å²) in [4.78, 5) is 12.2. The highest BCUT2D eigenvalue weighted by Crippen LogP contribution is 2.47. The number of carbonyl (C=O) groups excluding carboxylic acids is 1. The quantitative estimate of drug-likeness (QED) is 0.926. The lowest BCUT2D eigenvalue weighted by Crippen LogP contribution is -2.32. The van der Waals surface area contributed by atoms with Gasteiger partial charge in [0.05, 0.1) is 16.5 Å². The van der Waals surface area contributed by atoms with Gasteiger partial charge < -0.3 is 0 Å². The van der Waals surface area contributed by atoms with Crippen molar-refractivity contribution in [1.29, 1.82) is 5.26 Å². The SMILES string of the molecule is Cc1cccc([C@H]2C[C@@H]2C(=O)NS(=O)(=O)c2ccc(C#N)cc2)c1. The van der Waals surface area contributed by atoms with Gasteiger partial charge in [0.1, 0.15) is 0 Å². The second-order valence-electron chi connectivity index (χ2n) is 5.97. The van der Waals surface area contributed by atoms with Crippen LogP contribution in [0.1, 0.15) is 29.0 Å². The largest absolute Gasteiger partial charge is 0.274 e. The van der Waals surface area contributed by atoms with Crippen LogP contribution >= 0.6 is 0 Å². The number of amides is 1. The highest BCUT2D eigenvalue weighted by Gasteiger charge is 2.45. The van der Waals surface area contributed by atoms with Gasteiger partial charge in [0, 0.05) is 5.92 Å². The molecule has 1 aliphatic rings. The summed E-state index contributed by atoms with van der Waals surface area (Å²) in [6.45, 7) is 1.98. The summed E-state index contributed by atoms with van der Waals surface area (Å²) in [5, 5.41) is 8.75. The molecule has 24 heavy (non-hydrogen) atoms. The Bertz CT molecular complexity index is 927. The number of rotatable bonds is 4. The third-order valence-corrected chi connectivity index (χ3v) is 5.49. The van der Waals surface area contributed by atoms with Crippen molar-refractivity contribution < 1.29 is 13.2 Å². The van der Waals surface area contributed by atoms with Gasteiger partial charge in [-0.15, -0.1) is 0 Å². The monoisotopic (exact) mass is 340 g/mol. The summed E-state index contributed by atoms with van der Waals surface area (Å²) >= 11 is 0. The summed E-state index contributed by atoms with van der Waals surface area (Å²) in [5.74, 6) is -0.730. The molecule has 2 aromatic carbocycles. The van der Waals surface area contributed by atoms with E-state index in [1.807, 2.05) is 37.3 Å². The molecular formula is C18H16N2O3S. The molecule has 2 aromatic rings. The molecular weight excluding hydrogens is 324 g/mol. The molecule has 3 rings (SSSR count). The van der Waals surface area contributed by atoms with Crippen molar-refractivity contribution in [2.24, 2.45) is 5.92 Å². The fourth-order valence-corrected chi connectivity index (χ4v) is 3.76. The summed E-state index contributed by atoms with van der Waals surface area (Å²) in [7, 11) is -3.91. The zero-order valence-corrected chi connectivity index (χ0v) is 13.9. The maximum Gasteiger partial charge on any atom is 0.264 e. The van der Waals surface area contributed by atoms with Gasteiger partial charge in [-0.1, -0.05) is 29.8 Å². The van der Waals surface area contributed by atoms with Crippen molar-refractivity contribution in [2.75, 3.05) is 0 Å². The Morgan fingerprint density at radius 1 is 1.21 bits per heavy atom. The van der Waals surface area contributed by atoms with E-state index in [2.05, 4.69) is 4.72 Å². The Morgan fingerprint density at radius 2 is 1.92 bits per heavy atom. The van der Waals surface area contributed by atoms with Gasteiger partial charge in [-0.05, 0) is 49.1 Å². The van der Waals surface area contributed by atoms with Crippen LogP contribution in [0.4, 0.5) is 0 Å². The van der Waals surface area contributed by atoms with Crippen molar-refractivity contribution in [2.45, 2.75) is 24.2 Å². The van der Waals surface area contributed by atoms with Crippen LogP contribution in [0.5, 0.6) is 0 Å². The van der Waals surface area contributed by atoms with Crippen molar-refractivity contribution in [1.82, 2.24) is 4.72 Å². The first kappa shape index (κ1) is 16.2. The number of carbonyl (C=O) groups is 1. The summed E-state index contributed by atoms with van der Waals surface area (Å²) < 4.78 is 26.7. The molecule has 0 aliphatic heterocycles. The van der Waals surface area contributed by atoms with Gasteiger partial charge in [0.2, 0.25) is 5.91 Å². The van der Waals surface area contributed by atoms with E-state index < -0.39 is 15.9 Å². The Hall–Kier alpha value is -2.65. The maximum absolute atomic E-state index is 12.3. The van der Waals surface area contributed by atoms with Crippen molar-refractivity contribution in [3.05, 3.63) is 65.2 Å². The van der Waals surface area contributed by atoms with Gasteiger partial charge in [0.15, 0.2) is 0 Å². The summed E-state index contributed by atoms with van der Waals surface area (Å²) in [6.07, 6.45) is 0.651. The Labute approximate surface area is 141 Å². The first-order valence-electron chi connectivity index (χ1n) is 7.54. The summed E-state index contributed by atoms with van der Waals surface area (Å²) in [6, 6.07) is 15.3. The average Bonchev–Trinajstić information content (AvgIpc) is 3.35. The molecule has 6 heteroatoms. The molecule has 1 fully saturated rings. The van der Waals surface area contributed by atoms with Crippen LogP contribution in [0.3, 0.4) is 0 Å². The highest BCUT2D eigenvalue weighted by atomic mass is 32.2. The normalized spacial score (nSPS) is 19.3. The van der Waals surface area contributed by atoms with Crippen LogP contribution in [0, 0.1) is 24.2 Å². The molecule has 1 saturated carbocycles. The van der Waals surface area contributed by atoms with Gasteiger partial charge >= 0.3 is 0 Å². The van der Waals surface area contributed by atoms with Crippen LogP contribution in [-0.2, 0) is 14.8 Å². The highest BCUT2D eigenvalue weighted by molar-refractivity contribution is 7.90.